The predicted octanol–water partition coefficient (Wildman–Crippen LogP) is 5.02. The van der Waals surface area contributed by atoms with E-state index in [2.05, 4.69) is 22.3 Å². The monoisotopic (exact) mass is 459 g/mol. The van der Waals surface area contributed by atoms with E-state index in [1.807, 2.05) is 71.1 Å². The molecule has 0 radical (unpaired) electrons. The van der Waals surface area contributed by atoms with E-state index in [0.717, 1.165) is 33.9 Å². The molecule has 1 aliphatic heterocycles. The Morgan fingerprint density at radius 3 is 2.39 bits per heavy atom. The third-order valence-electron chi connectivity index (χ3n) is 5.56. The van der Waals surface area contributed by atoms with Crippen LogP contribution >= 0.6 is 11.6 Å². The van der Waals surface area contributed by atoms with Gasteiger partial charge in [0.05, 0.1) is 26.5 Å². The first-order valence-electron chi connectivity index (χ1n) is 10.4. The highest BCUT2D eigenvalue weighted by Crippen LogP contribution is 2.32. The lowest BCUT2D eigenvalue weighted by Gasteiger charge is -2.19. The molecule has 0 atom stereocenters. The second-order valence-electron chi connectivity index (χ2n) is 7.60. The van der Waals surface area contributed by atoms with Gasteiger partial charge in [-0.15, -0.1) is 10.2 Å². The number of para-hydroxylation sites is 1. The summed E-state index contributed by atoms with van der Waals surface area (Å²) in [6, 6.07) is 21.7. The number of rotatable bonds is 5. The van der Waals surface area contributed by atoms with Gasteiger partial charge in [0.25, 0.3) is 5.95 Å². The summed E-state index contributed by atoms with van der Waals surface area (Å²) in [5, 5.41) is 16.4. The first kappa shape index (κ1) is 21.0. The molecular weight excluding hydrogens is 438 g/mol. The second kappa shape index (κ2) is 8.60. The fourth-order valence-corrected chi connectivity index (χ4v) is 4.09. The number of halogens is 1. The largest absolute Gasteiger partial charge is 0.493 e. The van der Waals surface area contributed by atoms with Gasteiger partial charge in [-0.05, 0) is 42.8 Å². The van der Waals surface area contributed by atoms with Crippen LogP contribution in [0.15, 0.2) is 71.8 Å². The molecule has 8 heteroatoms. The molecule has 1 aliphatic rings. The number of methoxy groups -OCH3 is 2. The minimum absolute atomic E-state index is 0.462. The average Bonchev–Trinajstić information content (AvgIpc) is 3.16. The van der Waals surface area contributed by atoms with Crippen molar-refractivity contribution in [1.82, 2.24) is 14.8 Å². The van der Waals surface area contributed by atoms with Crippen LogP contribution in [0.1, 0.15) is 22.5 Å². The number of ether oxygens (including phenoxy) is 2. The number of benzene rings is 3. The quantitative estimate of drug-likeness (QED) is 0.419. The van der Waals surface area contributed by atoms with Crippen LogP contribution in [-0.2, 0) is 6.54 Å². The Bertz CT molecular complexity index is 1350. The minimum atomic E-state index is 0.462. The van der Waals surface area contributed by atoms with Gasteiger partial charge >= 0.3 is 0 Å². The fourth-order valence-electron chi connectivity index (χ4n) is 3.97. The van der Waals surface area contributed by atoms with Gasteiger partial charge in [-0.2, -0.15) is 5.10 Å². The molecule has 0 fully saturated rings. The normalized spacial score (nSPS) is 12.5. The summed E-state index contributed by atoms with van der Waals surface area (Å²) in [5.74, 6) is 2.75. The van der Waals surface area contributed by atoms with Gasteiger partial charge in [0, 0.05) is 16.1 Å². The topological polar surface area (TPSA) is 64.8 Å². The fraction of sp³-hybridized carbons (Fsp3) is 0.160. The molecule has 0 saturated heterocycles. The number of hydrogen-bond acceptors (Lipinski definition) is 6. The van der Waals surface area contributed by atoms with Crippen LogP contribution in [0.2, 0.25) is 5.02 Å². The molecule has 1 aromatic heterocycles. The van der Waals surface area contributed by atoms with E-state index in [9.17, 15) is 0 Å². The number of aryl methyl sites for hydroxylation is 1. The van der Waals surface area contributed by atoms with Gasteiger partial charge in [0.1, 0.15) is 11.5 Å². The van der Waals surface area contributed by atoms with Gasteiger partial charge in [0.15, 0.2) is 11.5 Å². The number of nitrogens with zero attached hydrogens (tertiary/aromatic N) is 5. The zero-order valence-electron chi connectivity index (χ0n) is 18.5. The van der Waals surface area contributed by atoms with E-state index in [-0.39, 0.29) is 0 Å². The molecule has 166 valence electrons. The summed E-state index contributed by atoms with van der Waals surface area (Å²) in [4.78, 5) is 0. The summed E-state index contributed by atoms with van der Waals surface area (Å²) in [5.41, 5.74) is 4.73. The highest BCUT2D eigenvalue weighted by Gasteiger charge is 2.26. The summed E-state index contributed by atoms with van der Waals surface area (Å²) in [6.07, 6.45) is 0. The summed E-state index contributed by atoms with van der Waals surface area (Å²) < 4.78 is 12.9. The lowest BCUT2D eigenvalue weighted by molar-refractivity contribution is 0.354. The van der Waals surface area contributed by atoms with Crippen molar-refractivity contribution in [3.63, 3.8) is 0 Å². The Balaban J connectivity index is 1.68. The molecule has 2 heterocycles. The number of anilines is 1. The van der Waals surface area contributed by atoms with Crippen molar-refractivity contribution in [3.8, 4) is 17.2 Å². The molecule has 3 aromatic carbocycles. The van der Waals surface area contributed by atoms with Gasteiger partial charge < -0.3 is 9.47 Å². The molecule has 0 saturated carbocycles. The molecule has 5 rings (SSSR count). The van der Waals surface area contributed by atoms with E-state index in [1.165, 1.54) is 0 Å². The van der Waals surface area contributed by atoms with Gasteiger partial charge in [-0.25, -0.2) is 5.01 Å². The lowest BCUT2D eigenvalue weighted by atomic mass is 10.0. The summed E-state index contributed by atoms with van der Waals surface area (Å²) in [7, 11) is 3.25. The zero-order chi connectivity index (χ0) is 22.9. The molecule has 0 spiro atoms. The predicted molar refractivity (Wildman–Crippen MR) is 129 cm³/mol. The third kappa shape index (κ3) is 3.81. The molecule has 0 aliphatic carbocycles. The summed E-state index contributed by atoms with van der Waals surface area (Å²) in [6.45, 7) is 2.40. The van der Waals surface area contributed by atoms with Crippen molar-refractivity contribution in [3.05, 3.63) is 94.3 Å². The second-order valence-corrected chi connectivity index (χ2v) is 8.04. The summed E-state index contributed by atoms with van der Waals surface area (Å²) >= 11 is 6.15. The third-order valence-corrected chi connectivity index (χ3v) is 5.81. The van der Waals surface area contributed by atoms with Crippen molar-refractivity contribution < 1.29 is 9.47 Å². The van der Waals surface area contributed by atoms with Crippen LogP contribution in [0.4, 0.5) is 5.95 Å². The number of fused-ring (bicyclic) bond motifs is 3. The van der Waals surface area contributed by atoms with Crippen molar-refractivity contribution in [1.29, 1.82) is 0 Å². The maximum absolute atomic E-state index is 6.15. The van der Waals surface area contributed by atoms with Crippen LogP contribution in [-0.4, -0.2) is 34.7 Å². The van der Waals surface area contributed by atoms with E-state index < -0.39 is 0 Å². The zero-order valence-corrected chi connectivity index (χ0v) is 19.2. The van der Waals surface area contributed by atoms with Crippen molar-refractivity contribution in [2.45, 2.75) is 13.5 Å². The average molecular weight is 460 g/mol. The first-order chi connectivity index (χ1) is 16.1. The Kier molecular flexibility index (Phi) is 5.48. The maximum atomic E-state index is 6.15. The molecule has 7 nitrogen and oxygen atoms in total. The number of hydrogen-bond donors (Lipinski definition) is 0. The van der Waals surface area contributed by atoms with Crippen LogP contribution in [0.5, 0.6) is 11.5 Å². The number of hydrazone groups is 1. The Morgan fingerprint density at radius 1 is 0.879 bits per heavy atom. The minimum Gasteiger partial charge on any atom is -0.493 e. The molecule has 0 bridgehead atoms. The highest BCUT2D eigenvalue weighted by atomic mass is 35.5. The lowest BCUT2D eigenvalue weighted by Crippen LogP contribution is -2.20. The molecule has 0 amide bonds. The van der Waals surface area contributed by atoms with E-state index in [0.29, 0.717) is 29.0 Å². The molecule has 4 aromatic rings. The maximum Gasteiger partial charge on any atom is 0.252 e. The SMILES string of the molecule is COc1ccc(CN2N=C(c3ccc(Cl)cc3)c3ccccc3-n3c(C)nnc32)cc1OC. The van der Waals surface area contributed by atoms with Crippen LogP contribution in [0, 0.1) is 6.92 Å². The van der Waals surface area contributed by atoms with Crippen molar-refractivity contribution in [2.24, 2.45) is 5.10 Å². The van der Waals surface area contributed by atoms with Crippen molar-refractivity contribution >= 4 is 23.3 Å². The van der Waals surface area contributed by atoms with Crippen LogP contribution in [0.25, 0.3) is 5.69 Å². The van der Waals surface area contributed by atoms with E-state index >= 15 is 0 Å². The number of aromatic nitrogens is 3. The Morgan fingerprint density at radius 2 is 1.64 bits per heavy atom. The molecule has 0 N–H and O–H groups in total. The van der Waals surface area contributed by atoms with Gasteiger partial charge in [-0.3, -0.25) is 4.57 Å². The smallest absolute Gasteiger partial charge is 0.252 e. The van der Waals surface area contributed by atoms with Gasteiger partial charge in [0.2, 0.25) is 0 Å². The molecule has 33 heavy (non-hydrogen) atoms. The highest BCUT2D eigenvalue weighted by molar-refractivity contribution is 6.30. The first-order valence-corrected chi connectivity index (χ1v) is 10.8. The molecule has 0 unspecified atom stereocenters. The molecular formula is C25H22ClN5O2. The van der Waals surface area contributed by atoms with E-state index in [1.54, 1.807) is 14.2 Å². The Labute approximate surface area is 196 Å². The Hall–Kier alpha value is -3.84. The van der Waals surface area contributed by atoms with Crippen LogP contribution < -0.4 is 14.5 Å². The van der Waals surface area contributed by atoms with Crippen molar-refractivity contribution in [2.75, 3.05) is 19.2 Å². The van der Waals surface area contributed by atoms with Crippen LogP contribution in [0.3, 0.4) is 0 Å². The van der Waals surface area contributed by atoms with E-state index in [4.69, 9.17) is 26.2 Å². The van der Waals surface area contributed by atoms with Gasteiger partial charge in [-0.1, -0.05) is 48.0 Å². The standard InChI is InChI=1S/C25H22ClN5O2/c1-16-27-28-25-30(15-17-8-13-22(32-2)23(14-17)33-3)29-24(18-9-11-19(26)12-10-18)20-6-4-5-7-21(20)31(16)25/h4-14H,15H2,1-3H3.